The molecule has 0 aliphatic heterocycles. The number of aromatic nitrogens is 3. The number of rotatable bonds is 5. The highest BCUT2D eigenvalue weighted by Crippen LogP contribution is 2.17. The average Bonchev–Trinajstić information content (AvgIpc) is 2.95. The Kier molecular flexibility index (Phi) is 3.69. The van der Waals surface area contributed by atoms with Gasteiger partial charge in [0.2, 0.25) is 0 Å². The molecule has 2 aromatic rings. The first-order valence-corrected chi connectivity index (χ1v) is 6.27. The number of nitrogens with zero attached hydrogens (tertiary/aromatic N) is 2. The number of nitrogens with one attached hydrogen (secondary N) is 2. The maximum atomic E-state index is 4.32. The average molecular weight is 236 g/mol. The molecular formula is C11H16N4S. The monoisotopic (exact) mass is 236 g/mol. The molecule has 2 heterocycles. The maximum Gasteiger partial charge on any atom is 0.0965 e. The van der Waals surface area contributed by atoms with Crippen LogP contribution in [0.2, 0.25) is 0 Å². The van der Waals surface area contributed by atoms with Crippen LogP contribution in [0.3, 0.4) is 0 Å². The van der Waals surface area contributed by atoms with Crippen molar-refractivity contribution in [2.24, 2.45) is 0 Å². The highest BCUT2D eigenvalue weighted by Gasteiger charge is 2.11. The lowest BCUT2D eigenvalue weighted by atomic mass is 10.1. The standard InChI is InChI=1S/C11H16N4S/c1-8(11-12-5-6-16-11)7-13-9(2)10-3-4-14-15-10/h3-6,8-9,13H,7H2,1-2H3,(H,14,15). The number of H-pyrrole nitrogens is 1. The van der Waals surface area contributed by atoms with Crippen LogP contribution in [-0.2, 0) is 0 Å². The third-order valence-corrected chi connectivity index (χ3v) is 3.60. The van der Waals surface area contributed by atoms with Crippen molar-refractivity contribution in [1.29, 1.82) is 0 Å². The molecule has 0 aromatic carbocycles. The third-order valence-electron chi connectivity index (χ3n) is 2.59. The van der Waals surface area contributed by atoms with Crippen LogP contribution in [0.15, 0.2) is 23.8 Å². The molecule has 0 radical (unpaired) electrons. The van der Waals surface area contributed by atoms with Crippen LogP contribution >= 0.6 is 11.3 Å². The smallest absolute Gasteiger partial charge is 0.0965 e. The van der Waals surface area contributed by atoms with Crippen molar-refractivity contribution in [3.8, 4) is 0 Å². The Hall–Kier alpha value is -1.20. The summed E-state index contributed by atoms with van der Waals surface area (Å²) < 4.78 is 0. The van der Waals surface area contributed by atoms with Gasteiger partial charge in [0.15, 0.2) is 0 Å². The molecule has 0 bridgehead atoms. The number of thiazole rings is 1. The quantitative estimate of drug-likeness (QED) is 0.837. The Morgan fingerprint density at radius 1 is 1.44 bits per heavy atom. The Bertz CT molecular complexity index is 355. The number of hydrogen-bond acceptors (Lipinski definition) is 4. The topological polar surface area (TPSA) is 53.6 Å². The summed E-state index contributed by atoms with van der Waals surface area (Å²) in [6, 6.07) is 2.29. The number of hydrogen-bond donors (Lipinski definition) is 2. The third kappa shape index (κ3) is 2.68. The van der Waals surface area contributed by atoms with E-state index in [9.17, 15) is 0 Å². The molecule has 0 saturated carbocycles. The van der Waals surface area contributed by atoms with Crippen LogP contribution in [0.1, 0.15) is 36.5 Å². The zero-order valence-electron chi connectivity index (χ0n) is 9.47. The van der Waals surface area contributed by atoms with E-state index in [1.54, 1.807) is 17.5 Å². The van der Waals surface area contributed by atoms with Crippen molar-refractivity contribution < 1.29 is 0 Å². The van der Waals surface area contributed by atoms with E-state index in [0.717, 1.165) is 12.2 Å². The van der Waals surface area contributed by atoms with E-state index in [1.807, 2.05) is 17.6 Å². The Balaban J connectivity index is 1.84. The van der Waals surface area contributed by atoms with Gasteiger partial charge in [0.1, 0.15) is 0 Å². The lowest BCUT2D eigenvalue weighted by molar-refractivity contribution is 0.526. The molecule has 0 aliphatic rings. The van der Waals surface area contributed by atoms with E-state index in [4.69, 9.17) is 0 Å². The summed E-state index contributed by atoms with van der Waals surface area (Å²) in [4.78, 5) is 4.32. The van der Waals surface area contributed by atoms with E-state index in [2.05, 4.69) is 34.3 Å². The van der Waals surface area contributed by atoms with Crippen molar-refractivity contribution in [1.82, 2.24) is 20.5 Å². The van der Waals surface area contributed by atoms with Gasteiger partial charge in [-0.05, 0) is 13.0 Å². The van der Waals surface area contributed by atoms with Crippen LogP contribution in [0, 0.1) is 0 Å². The minimum absolute atomic E-state index is 0.296. The van der Waals surface area contributed by atoms with E-state index in [-0.39, 0.29) is 0 Å². The van der Waals surface area contributed by atoms with E-state index in [0.29, 0.717) is 12.0 Å². The second-order valence-electron chi connectivity index (χ2n) is 3.91. The molecule has 0 amide bonds. The van der Waals surface area contributed by atoms with Gasteiger partial charge in [-0.25, -0.2) is 4.98 Å². The van der Waals surface area contributed by atoms with Crippen LogP contribution in [0.5, 0.6) is 0 Å². The summed E-state index contributed by atoms with van der Waals surface area (Å²) >= 11 is 1.71. The molecular weight excluding hydrogens is 220 g/mol. The van der Waals surface area contributed by atoms with Gasteiger partial charge >= 0.3 is 0 Å². The maximum absolute atomic E-state index is 4.32. The van der Waals surface area contributed by atoms with E-state index < -0.39 is 0 Å². The van der Waals surface area contributed by atoms with Gasteiger partial charge in [-0.15, -0.1) is 11.3 Å². The molecule has 4 nitrogen and oxygen atoms in total. The van der Waals surface area contributed by atoms with Crippen molar-refractivity contribution in [3.63, 3.8) is 0 Å². The molecule has 0 saturated heterocycles. The fourth-order valence-electron chi connectivity index (χ4n) is 1.54. The first kappa shape index (κ1) is 11.3. The van der Waals surface area contributed by atoms with Gasteiger partial charge in [0.25, 0.3) is 0 Å². The lowest BCUT2D eigenvalue weighted by Gasteiger charge is -2.15. The molecule has 2 unspecified atom stereocenters. The lowest BCUT2D eigenvalue weighted by Crippen LogP contribution is -2.23. The van der Waals surface area contributed by atoms with Crippen molar-refractivity contribution in [2.45, 2.75) is 25.8 Å². The van der Waals surface area contributed by atoms with Gasteiger partial charge < -0.3 is 5.32 Å². The van der Waals surface area contributed by atoms with Gasteiger partial charge in [0, 0.05) is 36.3 Å². The minimum Gasteiger partial charge on any atom is -0.308 e. The summed E-state index contributed by atoms with van der Waals surface area (Å²) in [5.74, 6) is 0.449. The fourth-order valence-corrected chi connectivity index (χ4v) is 2.23. The highest BCUT2D eigenvalue weighted by molar-refractivity contribution is 7.09. The summed E-state index contributed by atoms with van der Waals surface area (Å²) in [5, 5.41) is 13.6. The molecule has 2 atom stereocenters. The minimum atomic E-state index is 0.296. The molecule has 2 aromatic heterocycles. The molecule has 0 fully saturated rings. The van der Waals surface area contributed by atoms with Crippen molar-refractivity contribution >= 4 is 11.3 Å². The first-order chi connectivity index (χ1) is 7.77. The Morgan fingerprint density at radius 2 is 2.31 bits per heavy atom. The summed E-state index contributed by atoms with van der Waals surface area (Å²) in [5.41, 5.74) is 1.12. The molecule has 0 aliphatic carbocycles. The Morgan fingerprint density at radius 3 is 2.94 bits per heavy atom. The molecule has 16 heavy (non-hydrogen) atoms. The predicted octanol–water partition coefficient (Wildman–Crippen LogP) is 2.32. The van der Waals surface area contributed by atoms with E-state index >= 15 is 0 Å². The molecule has 2 rings (SSSR count). The predicted molar refractivity (Wildman–Crippen MR) is 65.5 cm³/mol. The highest BCUT2D eigenvalue weighted by atomic mass is 32.1. The van der Waals surface area contributed by atoms with E-state index in [1.165, 1.54) is 5.01 Å². The zero-order chi connectivity index (χ0) is 11.4. The molecule has 5 heteroatoms. The second-order valence-corrected chi connectivity index (χ2v) is 4.84. The zero-order valence-corrected chi connectivity index (χ0v) is 10.3. The first-order valence-electron chi connectivity index (χ1n) is 5.39. The fraction of sp³-hybridized carbons (Fsp3) is 0.455. The van der Waals surface area contributed by atoms with Crippen LogP contribution in [0.25, 0.3) is 0 Å². The van der Waals surface area contributed by atoms with Gasteiger partial charge in [-0.1, -0.05) is 6.92 Å². The van der Waals surface area contributed by atoms with Crippen LogP contribution in [0.4, 0.5) is 0 Å². The normalized spacial score (nSPS) is 14.9. The van der Waals surface area contributed by atoms with Crippen molar-refractivity contribution in [3.05, 3.63) is 34.5 Å². The molecule has 86 valence electrons. The van der Waals surface area contributed by atoms with Crippen LogP contribution in [-0.4, -0.2) is 21.7 Å². The van der Waals surface area contributed by atoms with Gasteiger partial charge in [-0.3, -0.25) is 5.10 Å². The summed E-state index contributed by atoms with van der Waals surface area (Å²) in [6.07, 6.45) is 3.63. The molecule has 0 spiro atoms. The van der Waals surface area contributed by atoms with Crippen molar-refractivity contribution in [2.75, 3.05) is 6.54 Å². The summed E-state index contributed by atoms with van der Waals surface area (Å²) in [7, 11) is 0. The number of aromatic amines is 1. The summed E-state index contributed by atoms with van der Waals surface area (Å²) in [6.45, 7) is 5.24. The van der Waals surface area contributed by atoms with Gasteiger partial charge in [-0.2, -0.15) is 5.10 Å². The van der Waals surface area contributed by atoms with Gasteiger partial charge in [0.05, 0.1) is 10.7 Å². The Labute approximate surface area is 99.1 Å². The second kappa shape index (κ2) is 5.23. The van der Waals surface area contributed by atoms with Crippen LogP contribution < -0.4 is 5.32 Å². The SMILES string of the molecule is CC(CNC(C)c1ccn[nH]1)c1nccs1. The molecule has 2 N–H and O–H groups in total. The largest absolute Gasteiger partial charge is 0.308 e.